The van der Waals surface area contributed by atoms with Gasteiger partial charge in [0.1, 0.15) is 13.2 Å². The number of amides is 2. The van der Waals surface area contributed by atoms with Crippen molar-refractivity contribution in [3.05, 3.63) is 71.8 Å². The normalized spacial score (nSPS) is 18.0. The van der Waals surface area contributed by atoms with E-state index in [0.29, 0.717) is 11.1 Å². The van der Waals surface area contributed by atoms with Crippen LogP contribution in [-0.2, 0) is 32.3 Å². The first-order chi connectivity index (χ1) is 15.4. The number of carboxylic acid groups (broad SMARTS) is 2. The Bertz CT molecular complexity index is 887. The van der Waals surface area contributed by atoms with E-state index in [9.17, 15) is 29.4 Å². The lowest BCUT2D eigenvalue weighted by molar-refractivity contribution is -0.158. The van der Waals surface area contributed by atoms with Gasteiger partial charge in [-0.15, -0.1) is 0 Å². The van der Waals surface area contributed by atoms with E-state index in [4.69, 9.17) is 9.47 Å². The summed E-state index contributed by atoms with van der Waals surface area (Å²) in [7, 11) is 0. The van der Waals surface area contributed by atoms with Crippen LogP contribution in [0.3, 0.4) is 0 Å². The number of nitrogens with zero attached hydrogens (tertiary/aromatic N) is 2. The Hall–Kier alpha value is -4.08. The zero-order chi connectivity index (χ0) is 23.1. The van der Waals surface area contributed by atoms with Crippen LogP contribution in [0.4, 0.5) is 9.59 Å². The molecule has 3 rings (SSSR count). The quantitative estimate of drug-likeness (QED) is 0.695. The number of benzene rings is 2. The molecule has 0 bridgehead atoms. The van der Waals surface area contributed by atoms with Gasteiger partial charge < -0.3 is 19.7 Å². The summed E-state index contributed by atoms with van der Waals surface area (Å²) < 4.78 is 10.3. The number of carbonyl (C=O) groups is 4. The molecule has 168 valence electrons. The van der Waals surface area contributed by atoms with E-state index < -0.39 is 36.2 Å². The fourth-order valence-electron chi connectivity index (χ4n) is 3.39. The molecule has 2 aromatic rings. The number of carboxylic acids is 2. The van der Waals surface area contributed by atoms with Crippen molar-refractivity contribution in [1.82, 2.24) is 9.80 Å². The Morgan fingerprint density at radius 1 is 0.688 bits per heavy atom. The fraction of sp³-hybridized carbons (Fsp3) is 0.273. The molecule has 0 radical (unpaired) electrons. The lowest BCUT2D eigenvalue weighted by Gasteiger charge is -2.42. The predicted molar refractivity (Wildman–Crippen MR) is 110 cm³/mol. The molecule has 32 heavy (non-hydrogen) atoms. The summed E-state index contributed by atoms with van der Waals surface area (Å²) in [4.78, 5) is 50.6. The van der Waals surface area contributed by atoms with Crippen LogP contribution in [0.1, 0.15) is 11.1 Å². The predicted octanol–water partition coefficient (Wildman–Crippen LogP) is 2.18. The maximum Gasteiger partial charge on any atom is 0.411 e. The third kappa shape index (κ3) is 5.34. The minimum absolute atomic E-state index is 0.108. The molecule has 0 saturated carbocycles. The number of aliphatic carboxylic acids is 2. The molecular weight excluding hydrogens is 420 g/mol. The minimum Gasteiger partial charge on any atom is -0.480 e. The number of carbonyl (C=O) groups excluding carboxylic acids is 2. The molecule has 1 aliphatic heterocycles. The van der Waals surface area contributed by atoms with Gasteiger partial charge >= 0.3 is 24.1 Å². The molecule has 10 nitrogen and oxygen atoms in total. The first kappa shape index (κ1) is 22.6. The maximum absolute atomic E-state index is 12.6. The van der Waals surface area contributed by atoms with Crippen molar-refractivity contribution in [3.63, 3.8) is 0 Å². The summed E-state index contributed by atoms with van der Waals surface area (Å²) in [5.74, 6) is -3.15. The molecule has 2 aromatic carbocycles. The van der Waals surface area contributed by atoms with E-state index in [1.54, 1.807) is 60.7 Å². The van der Waals surface area contributed by atoms with Gasteiger partial charge in [-0.1, -0.05) is 60.7 Å². The highest BCUT2D eigenvalue weighted by Gasteiger charge is 2.50. The van der Waals surface area contributed by atoms with Crippen molar-refractivity contribution in [1.29, 1.82) is 0 Å². The monoisotopic (exact) mass is 442 g/mol. The highest BCUT2D eigenvalue weighted by molar-refractivity contribution is 5.91. The average Bonchev–Trinajstić information content (AvgIpc) is 2.81. The van der Waals surface area contributed by atoms with Crippen LogP contribution in [0, 0.1) is 0 Å². The molecular formula is C22H22N2O8. The van der Waals surface area contributed by atoms with Crippen LogP contribution in [-0.4, -0.2) is 69.3 Å². The van der Waals surface area contributed by atoms with Gasteiger partial charge in [0.05, 0.1) is 0 Å². The van der Waals surface area contributed by atoms with Gasteiger partial charge in [-0.2, -0.15) is 0 Å². The Morgan fingerprint density at radius 3 is 1.34 bits per heavy atom. The highest BCUT2D eigenvalue weighted by atomic mass is 16.6. The molecule has 1 heterocycles. The van der Waals surface area contributed by atoms with Gasteiger partial charge in [0.25, 0.3) is 0 Å². The lowest BCUT2D eigenvalue weighted by atomic mass is 10.0. The van der Waals surface area contributed by atoms with Crippen molar-refractivity contribution < 1.29 is 38.9 Å². The van der Waals surface area contributed by atoms with Crippen LogP contribution >= 0.6 is 0 Å². The van der Waals surface area contributed by atoms with Crippen LogP contribution in [0.25, 0.3) is 0 Å². The lowest BCUT2D eigenvalue weighted by Crippen LogP contribution is -2.67. The largest absolute Gasteiger partial charge is 0.480 e. The van der Waals surface area contributed by atoms with E-state index in [1.165, 1.54) is 0 Å². The van der Waals surface area contributed by atoms with E-state index in [0.717, 1.165) is 9.80 Å². The Kier molecular flexibility index (Phi) is 7.27. The van der Waals surface area contributed by atoms with Crippen LogP contribution < -0.4 is 0 Å². The van der Waals surface area contributed by atoms with Gasteiger partial charge in [0.15, 0.2) is 12.1 Å². The SMILES string of the molecule is O=C(O)C1C(C(=O)O)N(C(=O)OCc2ccccc2)CCN1C(=O)OCc1ccccc1. The molecule has 0 spiro atoms. The van der Waals surface area contributed by atoms with E-state index in [-0.39, 0.29) is 26.3 Å². The molecule has 10 heteroatoms. The Morgan fingerprint density at radius 2 is 1.03 bits per heavy atom. The maximum atomic E-state index is 12.6. The summed E-state index contributed by atoms with van der Waals surface area (Å²) in [5, 5.41) is 19.4. The topological polar surface area (TPSA) is 134 Å². The highest BCUT2D eigenvalue weighted by Crippen LogP contribution is 2.21. The van der Waals surface area contributed by atoms with Crippen LogP contribution in [0.5, 0.6) is 0 Å². The third-order valence-electron chi connectivity index (χ3n) is 4.94. The van der Waals surface area contributed by atoms with Crippen LogP contribution in [0.2, 0.25) is 0 Å². The molecule has 0 aromatic heterocycles. The van der Waals surface area contributed by atoms with E-state index in [2.05, 4.69) is 0 Å². The molecule has 1 saturated heterocycles. The standard InChI is InChI=1S/C22H22N2O8/c25-19(26)17-18(20(27)28)24(22(30)32-14-16-9-5-2-6-10-16)12-11-23(17)21(29)31-13-15-7-3-1-4-8-15/h1-10,17-18H,11-14H2,(H,25,26)(H,27,28). The summed E-state index contributed by atoms with van der Waals surface area (Å²) in [5.41, 5.74) is 1.37. The zero-order valence-electron chi connectivity index (χ0n) is 17.0. The van der Waals surface area contributed by atoms with Crippen molar-refractivity contribution in [2.45, 2.75) is 25.3 Å². The van der Waals surface area contributed by atoms with Crippen molar-refractivity contribution in [2.24, 2.45) is 0 Å². The molecule has 1 fully saturated rings. The zero-order valence-corrected chi connectivity index (χ0v) is 17.0. The number of ether oxygens (including phenoxy) is 2. The fourth-order valence-corrected chi connectivity index (χ4v) is 3.39. The van der Waals surface area contributed by atoms with E-state index >= 15 is 0 Å². The third-order valence-corrected chi connectivity index (χ3v) is 4.94. The molecule has 2 unspecified atom stereocenters. The molecule has 2 amide bonds. The summed E-state index contributed by atoms with van der Waals surface area (Å²) in [6.07, 6.45) is -1.96. The summed E-state index contributed by atoms with van der Waals surface area (Å²) in [6.45, 7) is -0.671. The van der Waals surface area contributed by atoms with Gasteiger partial charge in [-0.05, 0) is 11.1 Å². The first-order valence-electron chi connectivity index (χ1n) is 9.78. The average molecular weight is 442 g/mol. The summed E-state index contributed by atoms with van der Waals surface area (Å²) >= 11 is 0. The van der Waals surface area contributed by atoms with E-state index in [1.807, 2.05) is 0 Å². The van der Waals surface area contributed by atoms with Gasteiger partial charge in [-0.25, -0.2) is 19.2 Å². The smallest absolute Gasteiger partial charge is 0.411 e. The van der Waals surface area contributed by atoms with Crippen molar-refractivity contribution >= 4 is 24.1 Å². The van der Waals surface area contributed by atoms with Gasteiger partial charge in [0, 0.05) is 13.1 Å². The second-order valence-electron chi connectivity index (χ2n) is 7.03. The van der Waals surface area contributed by atoms with Crippen molar-refractivity contribution in [3.8, 4) is 0 Å². The molecule has 1 aliphatic rings. The van der Waals surface area contributed by atoms with Crippen LogP contribution in [0.15, 0.2) is 60.7 Å². The second kappa shape index (κ2) is 10.3. The van der Waals surface area contributed by atoms with Gasteiger partial charge in [0.2, 0.25) is 0 Å². The van der Waals surface area contributed by atoms with Gasteiger partial charge in [-0.3, -0.25) is 9.80 Å². The first-order valence-corrected chi connectivity index (χ1v) is 9.78. The summed E-state index contributed by atoms with van der Waals surface area (Å²) in [6, 6.07) is 13.8. The Balaban J connectivity index is 1.72. The number of hydrogen-bond donors (Lipinski definition) is 2. The molecule has 2 N–H and O–H groups in total. The van der Waals surface area contributed by atoms with Crippen molar-refractivity contribution in [2.75, 3.05) is 13.1 Å². The molecule has 0 aliphatic carbocycles. The minimum atomic E-state index is -1.84. The second-order valence-corrected chi connectivity index (χ2v) is 7.03. The Labute approximate surface area is 183 Å². The number of hydrogen-bond acceptors (Lipinski definition) is 6. The number of rotatable bonds is 6. The number of piperazine rings is 1. The molecule has 2 atom stereocenters.